The predicted molar refractivity (Wildman–Crippen MR) is 116 cm³/mol. The average Bonchev–Trinajstić information content (AvgIpc) is 3.26. The van der Waals surface area contributed by atoms with Crippen molar-refractivity contribution in [2.24, 2.45) is 7.05 Å². The van der Waals surface area contributed by atoms with Crippen molar-refractivity contribution in [1.29, 1.82) is 0 Å². The maximum Gasteiger partial charge on any atom is 0.294 e. The lowest BCUT2D eigenvalue weighted by molar-refractivity contribution is -0.659. The van der Waals surface area contributed by atoms with Gasteiger partial charge < -0.3 is 4.42 Å². The van der Waals surface area contributed by atoms with E-state index in [1.54, 1.807) is 0 Å². The fourth-order valence-electron chi connectivity index (χ4n) is 4.28. The molecule has 5 rings (SSSR count). The van der Waals surface area contributed by atoms with Gasteiger partial charge >= 0.3 is 0 Å². The summed E-state index contributed by atoms with van der Waals surface area (Å²) in [6.45, 7) is 6.33. The molecule has 0 aliphatic carbocycles. The summed E-state index contributed by atoms with van der Waals surface area (Å²) in [7, 11) is 1.98. The smallest absolute Gasteiger partial charge is 0.294 e. The minimum atomic E-state index is -0.897. The Morgan fingerprint density at radius 3 is 2.65 bits per heavy atom. The van der Waals surface area contributed by atoms with Crippen LogP contribution < -0.4 is 4.57 Å². The zero-order chi connectivity index (χ0) is 21.9. The number of imidazole rings is 1. The maximum absolute atomic E-state index is 14.6. The Morgan fingerprint density at radius 2 is 1.87 bits per heavy atom. The van der Waals surface area contributed by atoms with Gasteiger partial charge in [-0.15, -0.1) is 0 Å². The highest BCUT2D eigenvalue weighted by molar-refractivity contribution is 6.05. The molecular formula is C25H22F2N3O+. The van der Waals surface area contributed by atoms with Crippen LogP contribution in [0.5, 0.6) is 0 Å². The van der Waals surface area contributed by atoms with Crippen molar-refractivity contribution in [1.82, 2.24) is 9.55 Å². The van der Waals surface area contributed by atoms with Gasteiger partial charge in [-0.1, -0.05) is 32.0 Å². The summed E-state index contributed by atoms with van der Waals surface area (Å²) in [5, 5.41) is 0.770. The number of aromatic nitrogens is 3. The summed E-state index contributed by atoms with van der Waals surface area (Å²) >= 11 is 0. The van der Waals surface area contributed by atoms with E-state index in [9.17, 15) is 8.78 Å². The number of hydrogen-bond acceptors (Lipinski definition) is 2. The number of halogens is 2. The number of furan rings is 1. The number of aryl methyl sites for hydroxylation is 2. The first-order valence-electron chi connectivity index (χ1n) is 10.2. The lowest BCUT2D eigenvalue weighted by atomic mass is 10.00. The number of fused-ring (bicyclic) bond motifs is 3. The normalized spacial score (nSPS) is 11.8. The van der Waals surface area contributed by atoms with Gasteiger partial charge in [0.05, 0.1) is 18.0 Å². The number of hydrogen-bond donors (Lipinski definition) is 0. The van der Waals surface area contributed by atoms with Crippen LogP contribution in [0.3, 0.4) is 0 Å². The molecule has 0 saturated carbocycles. The van der Waals surface area contributed by atoms with Crippen LogP contribution >= 0.6 is 0 Å². The van der Waals surface area contributed by atoms with E-state index in [0.717, 1.165) is 28.7 Å². The highest BCUT2D eigenvalue weighted by Crippen LogP contribution is 2.36. The van der Waals surface area contributed by atoms with E-state index in [-0.39, 0.29) is 11.1 Å². The molecule has 0 unspecified atom stereocenters. The van der Waals surface area contributed by atoms with Gasteiger partial charge in [-0.2, -0.15) is 13.9 Å². The van der Waals surface area contributed by atoms with Crippen molar-refractivity contribution in [2.45, 2.75) is 26.7 Å². The first kappa shape index (κ1) is 19.4. The van der Waals surface area contributed by atoms with Crippen molar-refractivity contribution in [3.8, 4) is 17.1 Å². The second-order valence-corrected chi connectivity index (χ2v) is 8.19. The Balaban J connectivity index is 1.81. The molecule has 4 nitrogen and oxygen atoms in total. The van der Waals surface area contributed by atoms with Gasteiger partial charge in [0.15, 0.2) is 0 Å². The third kappa shape index (κ3) is 3.02. The van der Waals surface area contributed by atoms with Gasteiger partial charge in [0, 0.05) is 17.0 Å². The van der Waals surface area contributed by atoms with Gasteiger partial charge in [-0.05, 0) is 36.6 Å². The molecule has 0 amide bonds. The van der Waals surface area contributed by atoms with Crippen molar-refractivity contribution in [3.05, 3.63) is 77.8 Å². The summed E-state index contributed by atoms with van der Waals surface area (Å²) in [6, 6.07) is 12.9. The Morgan fingerprint density at radius 1 is 1.10 bits per heavy atom. The highest BCUT2D eigenvalue weighted by Gasteiger charge is 2.25. The van der Waals surface area contributed by atoms with E-state index in [2.05, 4.69) is 35.5 Å². The lowest BCUT2D eigenvalue weighted by Crippen LogP contribution is -2.29. The largest absolute Gasteiger partial charge is 0.437 e. The summed E-state index contributed by atoms with van der Waals surface area (Å²) in [6.07, 6.45) is 4.03. The highest BCUT2D eigenvalue weighted by atomic mass is 19.1. The molecule has 0 bridgehead atoms. The number of nitrogens with zero attached hydrogens (tertiary/aromatic N) is 3. The summed E-state index contributed by atoms with van der Waals surface area (Å²) in [5.74, 6) is -0.266. The SMILES string of the molecule is Cc1cc2oc3nc(F)cc(F)c3c2cc1-c1n(-c2ccccc2C(C)C)cc[n+]1C. The quantitative estimate of drug-likeness (QED) is 0.267. The standard InChI is InChI=1S/C25H22F2N3O/c1-14(2)16-7-5-6-8-20(16)30-10-9-29(4)25(30)17-12-18-21(11-15(17)3)31-24-23(18)19(26)13-22(27)28-24/h5-14H,1-4H3/q+1. The van der Waals surface area contributed by atoms with E-state index < -0.39 is 11.8 Å². The third-order valence-electron chi connectivity index (χ3n) is 5.77. The zero-order valence-electron chi connectivity index (χ0n) is 17.8. The lowest BCUT2D eigenvalue weighted by Gasteiger charge is -2.12. The molecule has 156 valence electrons. The molecule has 0 saturated heterocycles. The molecular weight excluding hydrogens is 396 g/mol. The van der Waals surface area contributed by atoms with Crippen LogP contribution in [0.15, 0.2) is 59.3 Å². The van der Waals surface area contributed by atoms with Gasteiger partial charge in [0.25, 0.3) is 5.82 Å². The Labute approximate surface area is 178 Å². The van der Waals surface area contributed by atoms with Crippen molar-refractivity contribution in [3.63, 3.8) is 0 Å². The van der Waals surface area contributed by atoms with Gasteiger partial charge in [0.1, 0.15) is 29.5 Å². The Hall–Kier alpha value is -3.54. The Bertz CT molecular complexity index is 1460. The van der Waals surface area contributed by atoms with Crippen molar-refractivity contribution in [2.75, 3.05) is 0 Å². The van der Waals surface area contributed by atoms with Crippen LogP contribution in [0.2, 0.25) is 0 Å². The molecule has 31 heavy (non-hydrogen) atoms. The van der Waals surface area contributed by atoms with Crippen molar-refractivity contribution < 1.29 is 17.8 Å². The minimum absolute atomic E-state index is 0.0334. The summed E-state index contributed by atoms with van der Waals surface area (Å²) < 4.78 is 38.0. The molecule has 5 aromatic rings. The summed E-state index contributed by atoms with van der Waals surface area (Å²) in [5.41, 5.74) is 4.68. The maximum atomic E-state index is 14.6. The third-order valence-corrected chi connectivity index (χ3v) is 5.77. The van der Waals surface area contributed by atoms with Crippen LogP contribution in [0.25, 0.3) is 39.1 Å². The van der Waals surface area contributed by atoms with E-state index in [4.69, 9.17) is 4.42 Å². The van der Waals surface area contributed by atoms with Crippen LogP contribution in [-0.2, 0) is 7.05 Å². The minimum Gasteiger partial charge on any atom is -0.437 e. The van der Waals surface area contributed by atoms with Gasteiger partial charge in [0.2, 0.25) is 11.7 Å². The molecule has 0 aliphatic heterocycles. The van der Waals surface area contributed by atoms with E-state index >= 15 is 0 Å². The van der Waals surface area contributed by atoms with Gasteiger partial charge in [-0.25, -0.2) is 8.96 Å². The van der Waals surface area contributed by atoms with E-state index in [1.165, 1.54) is 5.56 Å². The molecule has 0 radical (unpaired) electrons. The molecule has 3 heterocycles. The topological polar surface area (TPSA) is 34.8 Å². The fraction of sp³-hybridized carbons (Fsp3) is 0.200. The first-order valence-corrected chi connectivity index (χ1v) is 10.2. The molecule has 0 aliphatic rings. The molecule has 2 aromatic carbocycles. The number of para-hydroxylation sites is 1. The second kappa shape index (κ2) is 7.01. The average molecular weight is 418 g/mol. The summed E-state index contributed by atoms with van der Waals surface area (Å²) in [4.78, 5) is 3.73. The zero-order valence-corrected chi connectivity index (χ0v) is 17.8. The number of benzene rings is 2. The van der Waals surface area contributed by atoms with E-state index in [1.807, 2.05) is 55.2 Å². The van der Waals surface area contributed by atoms with E-state index in [0.29, 0.717) is 16.9 Å². The first-order chi connectivity index (χ1) is 14.8. The Kier molecular flexibility index (Phi) is 4.39. The van der Waals surface area contributed by atoms with Crippen molar-refractivity contribution >= 4 is 22.1 Å². The molecule has 3 aromatic heterocycles. The van der Waals surface area contributed by atoms with Crippen LogP contribution in [-0.4, -0.2) is 9.55 Å². The molecule has 6 heteroatoms. The van der Waals surface area contributed by atoms with Crippen LogP contribution in [0.4, 0.5) is 8.78 Å². The number of pyridine rings is 1. The predicted octanol–water partition coefficient (Wildman–Crippen LogP) is 5.97. The molecule has 0 atom stereocenters. The molecule has 0 fully saturated rings. The molecule has 0 N–H and O–H groups in total. The monoisotopic (exact) mass is 418 g/mol. The fourth-order valence-corrected chi connectivity index (χ4v) is 4.28. The second-order valence-electron chi connectivity index (χ2n) is 8.19. The van der Waals surface area contributed by atoms with Crippen LogP contribution in [0.1, 0.15) is 30.9 Å². The molecule has 0 spiro atoms. The number of rotatable bonds is 3. The van der Waals surface area contributed by atoms with Crippen LogP contribution in [0, 0.1) is 18.7 Å². The van der Waals surface area contributed by atoms with Gasteiger partial charge in [-0.3, -0.25) is 0 Å².